The lowest BCUT2D eigenvalue weighted by Gasteiger charge is -2.40. The summed E-state index contributed by atoms with van der Waals surface area (Å²) in [6.45, 7) is 0.610. The van der Waals surface area contributed by atoms with E-state index in [1.54, 1.807) is 12.3 Å². The maximum atomic E-state index is 12.6. The van der Waals surface area contributed by atoms with Gasteiger partial charge in [-0.1, -0.05) is 11.6 Å². The van der Waals surface area contributed by atoms with Crippen LogP contribution in [-0.4, -0.2) is 90.6 Å². The maximum Gasteiger partial charge on any atom is 0.202 e. The Hall–Kier alpha value is -2.02. The molecule has 0 radical (unpaired) electrons. The average molecular weight is 450 g/mol. The third-order valence-corrected chi connectivity index (χ3v) is 6.24. The van der Waals surface area contributed by atoms with Crippen LogP contribution in [0.4, 0.5) is 0 Å². The molecule has 11 heteroatoms. The summed E-state index contributed by atoms with van der Waals surface area (Å²) >= 11 is 0. The molecule has 0 amide bonds. The molecule has 0 bridgehead atoms. The van der Waals surface area contributed by atoms with Gasteiger partial charge in [0.25, 0.3) is 0 Å². The fourth-order valence-electron chi connectivity index (χ4n) is 4.06. The minimum Gasteiger partial charge on any atom is -0.394 e. The van der Waals surface area contributed by atoms with E-state index >= 15 is 0 Å². The second-order valence-corrected chi connectivity index (χ2v) is 8.69. The second kappa shape index (κ2) is 10.3. The van der Waals surface area contributed by atoms with Gasteiger partial charge in [0.05, 0.1) is 25.5 Å². The van der Waals surface area contributed by atoms with Crippen LogP contribution < -0.4 is 0 Å². The smallest absolute Gasteiger partial charge is 0.202 e. The molecular formula is C21H30N4O7. The number of carbonyl (C=O) groups is 1. The first-order valence-corrected chi connectivity index (χ1v) is 11.0. The van der Waals surface area contributed by atoms with E-state index in [2.05, 4.69) is 15.3 Å². The summed E-state index contributed by atoms with van der Waals surface area (Å²) in [5, 5.41) is 47.3. The number of ketones is 1. The lowest BCUT2D eigenvalue weighted by atomic mass is 9.86. The molecule has 5 unspecified atom stereocenters. The van der Waals surface area contributed by atoms with E-state index in [-0.39, 0.29) is 18.7 Å². The van der Waals surface area contributed by atoms with Gasteiger partial charge in [-0.15, -0.1) is 5.10 Å². The third-order valence-electron chi connectivity index (χ3n) is 6.24. The summed E-state index contributed by atoms with van der Waals surface area (Å²) < 4.78 is 12.6. The number of rotatable bonds is 10. The Kier molecular flexibility index (Phi) is 7.44. The lowest BCUT2D eigenvalue weighted by Crippen LogP contribution is -2.58. The number of ether oxygens (including phenoxy) is 2. The molecule has 2 aliphatic heterocycles. The Balaban J connectivity index is 1.26. The van der Waals surface area contributed by atoms with Gasteiger partial charge >= 0.3 is 0 Å². The van der Waals surface area contributed by atoms with E-state index in [0.29, 0.717) is 36.0 Å². The zero-order valence-corrected chi connectivity index (χ0v) is 17.8. The molecule has 3 aliphatic rings. The molecule has 11 nitrogen and oxygen atoms in total. The van der Waals surface area contributed by atoms with Crippen molar-refractivity contribution in [2.75, 3.05) is 13.2 Å². The Labute approximate surface area is 185 Å². The van der Waals surface area contributed by atoms with Crippen molar-refractivity contribution < 1.29 is 34.7 Å². The van der Waals surface area contributed by atoms with E-state index in [9.17, 15) is 25.2 Å². The monoisotopic (exact) mass is 450 g/mol. The van der Waals surface area contributed by atoms with E-state index in [4.69, 9.17) is 9.47 Å². The molecule has 5 atom stereocenters. The molecule has 1 aromatic heterocycles. The van der Waals surface area contributed by atoms with Gasteiger partial charge in [0, 0.05) is 25.2 Å². The average Bonchev–Trinajstić information content (AvgIpc) is 3.40. The zero-order valence-electron chi connectivity index (χ0n) is 17.8. The van der Waals surface area contributed by atoms with Crippen LogP contribution >= 0.6 is 0 Å². The summed E-state index contributed by atoms with van der Waals surface area (Å²) in [5.74, 6) is 0.427. The lowest BCUT2D eigenvalue weighted by molar-refractivity contribution is -0.227. The zero-order chi connectivity index (χ0) is 22.7. The van der Waals surface area contributed by atoms with Crippen LogP contribution in [0.1, 0.15) is 37.8 Å². The fourth-order valence-corrected chi connectivity index (χ4v) is 4.06. The van der Waals surface area contributed by atoms with Gasteiger partial charge in [-0.2, -0.15) is 0 Å². The predicted octanol–water partition coefficient (Wildman–Crippen LogP) is -0.875. The Morgan fingerprint density at radius 3 is 2.69 bits per heavy atom. The highest BCUT2D eigenvalue weighted by Crippen LogP contribution is 2.27. The number of aromatic nitrogens is 3. The van der Waals surface area contributed by atoms with Crippen LogP contribution in [0.5, 0.6) is 0 Å². The molecule has 0 aromatic carbocycles. The minimum atomic E-state index is -1.43. The molecule has 176 valence electrons. The number of hydrogen-bond donors (Lipinski definition) is 4. The van der Waals surface area contributed by atoms with Crippen LogP contribution in [0.3, 0.4) is 0 Å². The number of carbonyl (C=O) groups excluding carboxylic acids is 1. The van der Waals surface area contributed by atoms with Crippen molar-refractivity contribution in [2.24, 2.45) is 10.9 Å². The highest BCUT2D eigenvalue weighted by molar-refractivity contribution is 6.02. The standard InChI is InChI=1S/C21H30N4O7/c26-9-18-20(29)21(30)19(28)17(32-18)6-13-4-5-15(22-13)16(27)8-25-7-14(23-24-25)11-31-10-12-2-1-3-12/h5,7,12,17-21,26,28-30H,1-4,6,8-11H2. The predicted molar refractivity (Wildman–Crippen MR) is 111 cm³/mol. The SMILES string of the molecule is O=C(Cn1cc(COCC2CCC2)nn1)C1=CCC(CC2OC(CO)C(O)C(O)C2O)=N1. The summed E-state index contributed by atoms with van der Waals surface area (Å²) in [6.07, 6.45) is 1.71. The highest BCUT2D eigenvalue weighted by atomic mass is 16.5. The van der Waals surface area contributed by atoms with E-state index in [1.165, 1.54) is 23.9 Å². The first-order valence-electron chi connectivity index (χ1n) is 11.0. The first-order chi connectivity index (χ1) is 15.4. The van der Waals surface area contributed by atoms with Gasteiger partial charge in [-0.05, 0) is 24.8 Å². The number of aliphatic hydroxyl groups excluding tert-OH is 4. The van der Waals surface area contributed by atoms with Crippen molar-refractivity contribution in [3.63, 3.8) is 0 Å². The maximum absolute atomic E-state index is 12.6. The largest absolute Gasteiger partial charge is 0.394 e. The van der Waals surface area contributed by atoms with Crippen molar-refractivity contribution in [1.29, 1.82) is 0 Å². The minimum absolute atomic E-state index is 0.00170. The van der Waals surface area contributed by atoms with Gasteiger partial charge in [-0.3, -0.25) is 9.79 Å². The molecule has 4 rings (SSSR count). The van der Waals surface area contributed by atoms with Gasteiger partial charge < -0.3 is 29.9 Å². The quantitative estimate of drug-likeness (QED) is 0.355. The topological polar surface area (TPSA) is 160 Å². The van der Waals surface area contributed by atoms with Crippen LogP contribution in [0.15, 0.2) is 23.0 Å². The molecule has 2 fully saturated rings. The number of hydrogen-bond acceptors (Lipinski definition) is 10. The van der Waals surface area contributed by atoms with Crippen LogP contribution in [0, 0.1) is 5.92 Å². The van der Waals surface area contributed by atoms with E-state index in [1.807, 2.05) is 0 Å². The van der Waals surface area contributed by atoms with Crippen molar-refractivity contribution >= 4 is 11.5 Å². The van der Waals surface area contributed by atoms with Gasteiger partial charge in [0.15, 0.2) is 0 Å². The Morgan fingerprint density at radius 1 is 1.19 bits per heavy atom. The first kappa shape index (κ1) is 23.1. The molecule has 0 spiro atoms. The Morgan fingerprint density at radius 2 is 1.97 bits per heavy atom. The van der Waals surface area contributed by atoms with Crippen LogP contribution in [0.25, 0.3) is 0 Å². The number of Topliss-reactive ketones (excluding diaryl/α,β-unsaturated/α-hetero) is 1. The number of aliphatic hydroxyl groups is 4. The van der Waals surface area contributed by atoms with E-state index in [0.717, 1.165) is 6.61 Å². The number of nitrogens with zero attached hydrogens (tertiary/aromatic N) is 4. The highest BCUT2D eigenvalue weighted by Gasteiger charge is 2.43. The summed E-state index contributed by atoms with van der Waals surface area (Å²) in [6, 6.07) is 0. The third kappa shape index (κ3) is 5.30. The van der Waals surface area contributed by atoms with Crippen LogP contribution in [0.2, 0.25) is 0 Å². The Bertz CT molecular complexity index is 864. The van der Waals surface area contributed by atoms with Crippen molar-refractivity contribution in [1.82, 2.24) is 15.0 Å². The molecule has 3 heterocycles. The van der Waals surface area contributed by atoms with Gasteiger partial charge in [-0.25, -0.2) is 4.68 Å². The van der Waals surface area contributed by atoms with Gasteiger partial charge in [0.2, 0.25) is 5.78 Å². The molecule has 1 saturated heterocycles. The number of aliphatic imine (C=N–C) groups is 1. The molecule has 1 aromatic rings. The fraction of sp³-hybridized carbons (Fsp3) is 0.714. The van der Waals surface area contributed by atoms with Crippen molar-refractivity contribution in [3.8, 4) is 0 Å². The van der Waals surface area contributed by atoms with Crippen molar-refractivity contribution in [2.45, 2.75) is 75.8 Å². The molecule has 32 heavy (non-hydrogen) atoms. The molecule has 1 saturated carbocycles. The summed E-state index contributed by atoms with van der Waals surface area (Å²) in [4.78, 5) is 16.9. The van der Waals surface area contributed by atoms with Crippen molar-refractivity contribution in [3.05, 3.63) is 23.7 Å². The van der Waals surface area contributed by atoms with Gasteiger partial charge in [0.1, 0.15) is 42.4 Å². The van der Waals surface area contributed by atoms with Crippen LogP contribution in [-0.2, 0) is 27.4 Å². The molecule has 4 N–H and O–H groups in total. The summed E-state index contributed by atoms with van der Waals surface area (Å²) in [7, 11) is 0. The van der Waals surface area contributed by atoms with E-state index < -0.39 is 37.1 Å². The summed E-state index contributed by atoms with van der Waals surface area (Å²) in [5.41, 5.74) is 1.58. The normalized spacial score (nSPS) is 30.7. The number of allylic oxidation sites excluding steroid dienone is 2. The molecule has 1 aliphatic carbocycles. The second-order valence-electron chi connectivity index (χ2n) is 8.69. The molecular weight excluding hydrogens is 420 g/mol.